The van der Waals surface area contributed by atoms with E-state index in [-0.39, 0.29) is 36.2 Å². The van der Waals surface area contributed by atoms with Crippen LogP contribution in [0.25, 0.3) is 16.5 Å². The second-order valence-electron chi connectivity index (χ2n) is 11.6. The number of aromatic nitrogens is 1. The summed E-state index contributed by atoms with van der Waals surface area (Å²) in [4.78, 5) is 31.1. The second-order valence-corrected chi connectivity index (χ2v) is 11.6. The Morgan fingerprint density at radius 2 is 2.03 bits per heavy atom. The van der Waals surface area contributed by atoms with Crippen molar-refractivity contribution in [3.8, 4) is 0 Å². The number of nitrogens with one attached hydrogen (secondary N) is 1. The number of esters is 1. The topological polar surface area (TPSA) is 88.5 Å². The minimum Gasteiger partial charge on any atom is -0.458 e. The first-order valence-electron chi connectivity index (χ1n) is 12.8. The number of ketones is 1. The molecule has 1 aliphatic heterocycles. The van der Waals surface area contributed by atoms with E-state index in [0.717, 1.165) is 34.9 Å². The lowest BCUT2D eigenvalue weighted by molar-refractivity contribution is -0.163. The number of halogens is 1. The number of nitrogens with zero attached hydrogens (tertiary/aromatic N) is 1. The highest BCUT2D eigenvalue weighted by atomic mass is 19.1. The smallest absolute Gasteiger partial charge is 0.343 e. The first-order valence-corrected chi connectivity index (χ1v) is 12.8. The third-order valence-corrected chi connectivity index (χ3v) is 8.32. The summed E-state index contributed by atoms with van der Waals surface area (Å²) in [5.74, 6) is -1.59. The van der Waals surface area contributed by atoms with E-state index >= 15 is 0 Å². The number of carbonyl (C=O) groups is 2. The average Bonchev–Trinajstić information content (AvgIpc) is 3.18. The first kappa shape index (κ1) is 23.5. The largest absolute Gasteiger partial charge is 0.458 e. The van der Waals surface area contributed by atoms with Crippen LogP contribution in [0, 0.1) is 18.7 Å². The van der Waals surface area contributed by atoms with Crippen LogP contribution in [-0.2, 0) is 27.2 Å². The Bertz CT molecular complexity index is 1450. The van der Waals surface area contributed by atoms with Crippen molar-refractivity contribution in [3.63, 3.8) is 0 Å². The molecule has 2 heterocycles. The van der Waals surface area contributed by atoms with Crippen molar-refractivity contribution in [2.75, 3.05) is 6.61 Å². The summed E-state index contributed by atoms with van der Waals surface area (Å²) in [6, 6.07) is 1.54. The van der Waals surface area contributed by atoms with E-state index in [0.29, 0.717) is 39.9 Å². The molecule has 1 aromatic carbocycles. The van der Waals surface area contributed by atoms with Crippen molar-refractivity contribution < 1.29 is 23.8 Å². The molecule has 0 bridgehead atoms. The number of pyridine rings is 1. The van der Waals surface area contributed by atoms with Gasteiger partial charge in [-0.15, -0.1) is 0 Å². The Hall–Kier alpha value is -2.90. The van der Waals surface area contributed by atoms with E-state index in [1.807, 2.05) is 6.92 Å². The SMILES string of the molecule is CC[C@@]1(O)C(=O)OCC2=C1C=C1c3nc4cc(F)c(C)c5c4c(c3CC1C2=O)C(NC(C)(C)C)CC5. The number of aliphatic hydroxyl groups is 1. The molecule has 2 aromatic rings. The van der Waals surface area contributed by atoms with Gasteiger partial charge in [0.1, 0.15) is 12.4 Å². The standard InChI is InChI=1S/C29H31FN2O4/c1-6-29(35)19-10-15-16(26(33)18(19)12-36-27(29)34)9-17-24-21(32-28(3,4)5)8-7-14-13(2)20(30)11-22(23(14)24)31-25(15)17/h10-11,16,21,32,35H,6-9,12H2,1-5H3/t16?,21?,29-/m0/s1. The van der Waals surface area contributed by atoms with Gasteiger partial charge in [-0.25, -0.2) is 14.2 Å². The summed E-state index contributed by atoms with van der Waals surface area (Å²) in [6.07, 6.45) is 3.95. The Morgan fingerprint density at radius 1 is 1.28 bits per heavy atom. The molecule has 4 aliphatic rings. The molecule has 2 unspecified atom stereocenters. The normalized spacial score (nSPS) is 27.0. The van der Waals surface area contributed by atoms with Gasteiger partial charge in [-0.05, 0) is 87.3 Å². The van der Waals surface area contributed by atoms with E-state index in [2.05, 4.69) is 26.1 Å². The number of Topliss-reactive ketones (excluding diaryl/α,β-unsaturated/α-hetero) is 1. The minimum atomic E-state index is -1.86. The predicted octanol–water partition coefficient (Wildman–Crippen LogP) is 4.19. The maximum Gasteiger partial charge on any atom is 0.343 e. The molecule has 6 rings (SSSR count). The zero-order valence-electron chi connectivity index (χ0n) is 21.3. The molecule has 1 aromatic heterocycles. The number of cyclic esters (lactones) is 1. The van der Waals surface area contributed by atoms with Crippen LogP contribution >= 0.6 is 0 Å². The van der Waals surface area contributed by atoms with Crippen molar-refractivity contribution in [1.29, 1.82) is 0 Å². The maximum absolute atomic E-state index is 15.0. The van der Waals surface area contributed by atoms with Gasteiger partial charge in [-0.3, -0.25) is 4.79 Å². The molecule has 188 valence electrons. The summed E-state index contributed by atoms with van der Waals surface area (Å²) in [7, 11) is 0. The molecule has 0 radical (unpaired) electrons. The Balaban J connectivity index is 1.63. The molecule has 0 saturated carbocycles. The second kappa shape index (κ2) is 7.56. The summed E-state index contributed by atoms with van der Waals surface area (Å²) in [6.45, 7) is 9.78. The van der Waals surface area contributed by atoms with Crippen LogP contribution in [0.4, 0.5) is 4.39 Å². The molecule has 7 heteroatoms. The molecule has 0 saturated heterocycles. The van der Waals surface area contributed by atoms with Crippen molar-refractivity contribution in [3.05, 3.63) is 57.1 Å². The Morgan fingerprint density at radius 3 is 2.72 bits per heavy atom. The Kier molecular flexibility index (Phi) is 4.93. The third-order valence-electron chi connectivity index (χ3n) is 8.32. The molecule has 0 amide bonds. The molecule has 36 heavy (non-hydrogen) atoms. The Labute approximate surface area is 209 Å². The van der Waals surface area contributed by atoms with E-state index < -0.39 is 17.5 Å². The molecule has 2 N–H and O–H groups in total. The monoisotopic (exact) mass is 490 g/mol. The summed E-state index contributed by atoms with van der Waals surface area (Å²) < 4.78 is 20.2. The third kappa shape index (κ3) is 3.12. The minimum absolute atomic E-state index is 0.0394. The van der Waals surface area contributed by atoms with Crippen LogP contribution < -0.4 is 5.32 Å². The maximum atomic E-state index is 15.0. The number of benzene rings is 1. The molecule has 3 aliphatic carbocycles. The number of fused-ring (bicyclic) bond motifs is 4. The van der Waals surface area contributed by atoms with Gasteiger partial charge < -0.3 is 15.2 Å². The number of ether oxygens (including phenoxy) is 1. The highest BCUT2D eigenvalue weighted by molar-refractivity contribution is 6.12. The molecular weight excluding hydrogens is 459 g/mol. The van der Waals surface area contributed by atoms with Gasteiger partial charge in [0.05, 0.1) is 17.1 Å². The molecule has 0 fully saturated rings. The van der Waals surface area contributed by atoms with Crippen molar-refractivity contribution >= 4 is 28.2 Å². The van der Waals surface area contributed by atoms with Gasteiger partial charge in [0.2, 0.25) is 0 Å². The number of hydrogen-bond acceptors (Lipinski definition) is 6. The van der Waals surface area contributed by atoms with E-state index in [1.54, 1.807) is 13.0 Å². The van der Waals surface area contributed by atoms with Gasteiger partial charge in [0.25, 0.3) is 0 Å². The quantitative estimate of drug-likeness (QED) is 0.614. The van der Waals surface area contributed by atoms with E-state index in [1.165, 1.54) is 6.07 Å². The van der Waals surface area contributed by atoms with Gasteiger partial charge in [0, 0.05) is 34.2 Å². The van der Waals surface area contributed by atoms with Crippen LogP contribution in [0.5, 0.6) is 0 Å². The highest BCUT2D eigenvalue weighted by Gasteiger charge is 2.51. The number of carbonyl (C=O) groups excluding carboxylic acids is 2. The zero-order valence-corrected chi connectivity index (χ0v) is 21.3. The van der Waals surface area contributed by atoms with Crippen LogP contribution in [-0.4, -0.2) is 39.6 Å². The lowest BCUT2D eigenvalue weighted by Gasteiger charge is -2.35. The van der Waals surface area contributed by atoms with Crippen molar-refractivity contribution in [2.45, 2.75) is 77.5 Å². The number of rotatable bonds is 2. The van der Waals surface area contributed by atoms with Gasteiger partial charge >= 0.3 is 5.97 Å². The van der Waals surface area contributed by atoms with E-state index in [9.17, 15) is 19.1 Å². The zero-order chi connectivity index (χ0) is 25.7. The van der Waals surface area contributed by atoms with E-state index in [4.69, 9.17) is 9.72 Å². The van der Waals surface area contributed by atoms with Crippen LogP contribution in [0.15, 0.2) is 23.3 Å². The number of hydrogen-bond donors (Lipinski definition) is 2. The van der Waals surface area contributed by atoms with Crippen LogP contribution in [0.2, 0.25) is 0 Å². The fraction of sp³-hybridized carbons (Fsp3) is 0.483. The fourth-order valence-corrected chi connectivity index (χ4v) is 6.57. The lowest BCUT2D eigenvalue weighted by Crippen LogP contribution is -2.48. The average molecular weight is 491 g/mol. The fourth-order valence-electron chi connectivity index (χ4n) is 6.57. The summed E-state index contributed by atoms with van der Waals surface area (Å²) in [5, 5.41) is 15.9. The number of allylic oxidation sites excluding steroid dienone is 1. The highest BCUT2D eigenvalue weighted by Crippen LogP contribution is 2.51. The molecule has 6 nitrogen and oxygen atoms in total. The number of aryl methyl sites for hydroxylation is 1. The summed E-state index contributed by atoms with van der Waals surface area (Å²) >= 11 is 0. The van der Waals surface area contributed by atoms with Crippen molar-refractivity contribution in [1.82, 2.24) is 10.3 Å². The van der Waals surface area contributed by atoms with Crippen LogP contribution in [0.3, 0.4) is 0 Å². The molecule has 0 spiro atoms. The van der Waals surface area contributed by atoms with Gasteiger partial charge in [-0.1, -0.05) is 6.92 Å². The summed E-state index contributed by atoms with van der Waals surface area (Å²) in [5.41, 5.74) is 4.42. The van der Waals surface area contributed by atoms with Crippen molar-refractivity contribution in [2.24, 2.45) is 5.92 Å². The molecular formula is C29H31FN2O4. The van der Waals surface area contributed by atoms with Crippen LogP contribution in [0.1, 0.15) is 74.5 Å². The molecule has 3 atom stereocenters. The van der Waals surface area contributed by atoms with Gasteiger partial charge in [0.15, 0.2) is 11.4 Å². The van der Waals surface area contributed by atoms with Gasteiger partial charge in [-0.2, -0.15) is 0 Å². The lowest BCUT2D eigenvalue weighted by atomic mass is 9.75. The predicted molar refractivity (Wildman–Crippen MR) is 134 cm³/mol. The first-order chi connectivity index (χ1) is 16.9.